The molecule has 0 spiro atoms. The van der Waals surface area contributed by atoms with Crippen molar-refractivity contribution in [3.63, 3.8) is 0 Å². The molecule has 4 nitrogen and oxygen atoms in total. The van der Waals surface area contributed by atoms with Crippen LogP contribution < -0.4 is 11.3 Å². The summed E-state index contributed by atoms with van der Waals surface area (Å²) < 4.78 is 0. The van der Waals surface area contributed by atoms with Gasteiger partial charge in [0, 0.05) is 19.1 Å². The van der Waals surface area contributed by atoms with Gasteiger partial charge in [0.2, 0.25) is 5.96 Å². The molecule has 0 aromatic heterocycles. The van der Waals surface area contributed by atoms with E-state index in [-0.39, 0.29) is 6.04 Å². The fourth-order valence-electron chi connectivity index (χ4n) is 2.40. The molecule has 1 aliphatic rings. The van der Waals surface area contributed by atoms with Gasteiger partial charge in [-0.2, -0.15) is 0 Å². The van der Waals surface area contributed by atoms with Gasteiger partial charge >= 0.3 is 0 Å². The topological polar surface area (TPSA) is 53.6 Å². The second kappa shape index (κ2) is 5.53. The minimum Gasteiger partial charge on any atom is -0.341 e. The summed E-state index contributed by atoms with van der Waals surface area (Å²) in [5, 5.41) is 0. The summed E-state index contributed by atoms with van der Waals surface area (Å²) in [4.78, 5) is 6.80. The van der Waals surface area contributed by atoms with E-state index < -0.39 is 0 Å². The van der Waals surface area contributed by atoms with E-state index in [0.717, 1.165) is 19.0 Å². The minimum atomic E-state index is 0.282. The monoisotopic (exact) mass is 226 g/mol. The van der Waals surface area contributed by atoms with Gasteiger partial charge in [-0.15, -0.1) is 0 Å². The van der Waals surface area contributed by atoms with E-state index in [1.165, 1.54) is 19.3 Å². The molecule has 3 N–H and O–H groups in total. The summed E-state index contributed by atoms with van der Waals surface area (Å²) in [5.41, 5.74) is 3.20. The number of rotatable bonds is 3. The van der Waals surface area contributed by atoms with E-state index in [1.807, 2.05) is 0 Å². The third-order valence-corrected chi connectivity index (χ3v) is 3.75. The molecule has 94 valence electrons. The fourth-order valence-corrected chi connectivity index (χ4v) is 2.40. The Kier molecular flexibility index (Phi) is 4.59. The number of likely N-dealkylation sites (tertiary alicyclic amines) is 1. The van der Waals surface area contributed by atoms with Gasteiger partial charge < -0.3 is 4.90 Å². The molecule has 0 saturated carbocycles. The van der Waals surface area contributed by atoms with Gasteiger partial charge in [-0.25, -0.2) is 10.8 Å². The summed E-state index contributed by atoms with van der Waals surface area (Å²) in [5.74, 6) is 6.40. The van der Waals surface area contributed by atoms with Gasteiger partial charge in [-0.05, 0) is 38.5 Å². The lowest BCUT2D eigenvalue weighted by molar-refractivity contribution is 0.276. The predicted molar refractivity (Wildman–Crippen MR) is 69.1 cm³/mol. The van der Waals surface area contributed by atoms with Crippen LogP contribution in [0.25, 0.3) is 0 Å². The van der Waals surface area contributed by atoms with Crippen molar-refractivity contribution in [2.45, 2.75) is 53.0 Å². The van der Waals surface area contributed by atoms with E-state index in [9.17, 15) is 0 Å². The first kappa shape index (κ1) is 13.3. The number of hydrazine groups is 1. The molecule has 1 rings (SSSR count). The number of guanidine groups is 1. The molecule has 0 aromatic rings. The van der Waals surface area contributed by atoms with Crippen LogP contribution >= 0.6 is 0 Å². The van der Waals surface area contributed by atoms with Crippen LogP contribution in [-0.4, -0.2) is 30.0 Å². The van der Waals surface area contributed by atoms with Crippen molar-refractivity contribution in [2.24, 2.45) is 16.3 Å². The van der Waals surface area contributed by atoms with Crippen LogP contribution in [0, 0.1) is 5.41 Å². The predicted octanol–water partition coefficient (Wildman–Crippen LogP) is 1.73. The lowest BCUT2D eigenvalue weighted by Crippen LogP contribution is -2.45. The van der Waals surface area contributed by atoms with Crippen molar-refractivity contribution in [3.05, 3.63) is 0 Å². The first-order chi connectivity index (χ1) is 7.56. The molecule has 16 heavy (non-hydrogen) atoms. The molecule has 0 bridgehead atoms. The van der Waals surface area contributed by atoms with Crippen LogP contribution in [0.4, 0.5) is 0 Å². The van der Waals surface area contributed by atoms with E-state index in [0.29, 0.717) is 5.41 Å². The van der Waals surface area contributed by atoms with Crippen molar-refractivity contribution in [2.75, 3.05) is 13.1 Å². The lowest BCUT2D eigenvalue weighted by atomic mass is 9.82. The number of aliphatic imine (C=N–C) groups is 1. The highest BCUT2D eigenvalue weighted by molar-refractivity contribution is 5.79. The van der Waals surface area contributed by atoms with Crippen molar-refractivity contribution in [1.82, 2.24) is 10.3 Å². The van der Waals surface area contributed by atoms with E-state index >= 15 is 0 Å². The Morgan fingerprint density at radius 2 is 2.06 bits per heavy atom. The first-order valence-corrected chi connectivity index (χ1v) is 6.36. The van der Waals surface area contributed by atoms with E-state index in [4.69, 9.17) is 5.84 Å². The van der Waals surface area contributed by atoms with Crippen molar-refractivity contribution < 1.29 is 0 Å². The summed E-state index contributed by atoms with van der Waals surface area (Å²) in [6.07, 6.45) is 3.72. The van der Waals surface area contributed by atoms with Gasteiger partial charge in [0.15, 0.2) is 0 Å². The van der Waals surface area contributed by atoms with Gasteiger partial charge in [0.05, 0.1) is 0 Å². The number of nitrogens with two attached hydrogens (primary N) is 1. The molecule has 4 heteroatoms. The Labute approximate surface area is 99.3 Å². The largest absolute Gasteiger partial charge is 0.341 e. The zero-order chi connectivity index (χ0) is 12.2. The molecule has 1 fully saturated rings. The standard InChI is InChI=1S/C12H26N4/c1-5-12(6-2)7-8-16(9-12)11(15-13)14-10(3)4/h10H,5-9,13H2,1-4H3,(H,14,15). The second-order valence-electron chi connectivity index (χ2n) is 5.07. The summed E-state index contributed by atoms with van der Waals surface area (Å²) in [6.45, 7) is 10.8. The van der Waals surface area contributed by atoms with Crippen LogP contribution in [0.15, 0.2) is 4.99 Å². The normalized spacial score (nSPS) is 20.6. The molecule has 0 unspecified atom stereocenters. The Hall–Kier alpha value is -0.770. The average molecular weight is 226 g/mol. The van der Waals surface area contributed by atoms with Gasteiger partial charge in [-0.3, -0.25) is 5.43 Å². The van der Waals surface area contributed by atoms with Crippen LogP contribution in [0.1, 0.15) is 47.0 Å². The Morgan fingerprint density at radius 1 is 1.44 bits per heavy atom. The molecule has 0 radical (unpaired) electrons. The SMILES string of the molecule is CCC1(CC)CCN(C(=NC(C)C)NN)C1. The number of nitrogens with zero attached hydrogens (tertiary/aromatic N) is 2. The van der Waals surface area contributed by atoms with Crippen LogP contribution in [0.3, 0.4) is 0 Å². The Balaban J connectivity index is 2.70. The average Bonchev–Trinajstić information content (AvgIpc) is 2.70. The maximum absolute atomic E-state index is 5.55. The molecule has 1 heterocycles. The smallest absolute Gasteiger partial charge is 0.208 e. The highest BCUT2D eigenvalue weighted by atomic mass is 15.4. The van der Waals surface area contributed by atoms with Crippen molar-refractivity contribution in [3.8, 4) is 0 Å². The molecule has 0 atom stereocenters. The maximum atomic E-state index is 5.55. The number of hydrogen-bond acceptors (Lipinski definition) is 2. The Bertz CT molecular complexity index is 243. The third-order valence-electron chi connectivity index (χ3n) is 3.75. The zero-order valence-electron chi connectivity index (χ0n) is 11.1. The highest BCUT2D eigenvalue weighted by Crippen LogP contribution is 2.36. The third kappa shape index (κ3) is 2.88. The lowest BCUT2D eigenvalue weighted by Gasteiger charge is -2.27. The van der Waals surface area contributed by atoms with Gasteiger partial charge in [-0.1, -0.05) is 13.8 Å². The first-order valence-electron chi connectivity index (χ1n) is 6.36. The maximum Gasteiger partial charge on any atom is 0.208 e. The second-order valence-corrected chi connectivity index (χ2v) is 5.07. The van der Waals surface area contributed by atoms with Gasteiger partial charge in [0.25, 0.3) is 0 Å². The number of nitrogens with one attached hydrogen (secondary N) is 1. The van der Waals surface area contributed by atoms with Crippen LogP contribution in [-0.2, 0) is 0 Å². The molecule has 0 aliphatic carbocycles. The van der Waals surface area contributed by atoms with E-state index in [1.54, 1.807) is 0 Å². The zero-order valence-corrected chi connectivity index (χ0v) is 11.1. The van der Waals surface area contributed by atoms with Crippen molar-refractivity contribution >= 4 is 5.96 Å². The molecular weight excluding hydrogens is 200 g/mol. The van der Waals surface area contributed by atoms with Crippen molar-refractivity contribution in [1.29, 1.82) is 0 Å². The van der Waals surface area contributed by atoms with Gasteiger partial charge in [0.1, 0.15) is 0 Å². The summed E-state index contributed by atoms with van der Waals surface area (Å²) >= 11 is 0. The van der Waals surface area contributed by atoms with Crippen LogP contribution in [0.5, 0.6) is 0 Å². The molecule has 0 aromatic carbocycles. The molecule has 0 amide bonds. The van der Waals surface area contributed by atoms with Crippen LogP contribution in [0.2, 0.25) is 0 Å². The highest BCUT2D eigenvalue weighted by Gasteiger charge is 2.36. The summed E-state index contributed by atoms with van der Waals surface area (Å²) in [7, 11) is 0. The molecule has 1 saturated heterocycles. The Morgan fingerprint density at radius 3 is 2.44 bits per heavy atom. The quantitative estimate of drug-likeness (QED) is 0.333. The minimum absolute atomic E-state index is 0.282. The van der Waals surface area contributed by atoms with E-state index in [2.05, 4.69) is 43.0 Å². The molecule has 1 aliphatic heterocycles. The summed E-state index contributed by atoms with van der Waals surface area (Å²) in [6, 6.07) is 0.282. The number of hydrogen-bond donors (Lipinski definition) is 2. The molecular formula is C12H26N4. The fraction of sp³-hybridized carbons (Fsp3) is 0.917.